The fraction of sp³-hybridized carbons (Fsp3) is 0.250. The molecule has 0 aliphatic heterocycles. The molecule has 2 amide bonds. The van der Waals surface area contributed by atoms with Gasteiger partial charge in [0.05, 0.1) is 0 Å². The van der Waals surface area contributed by atoms with Crippen LogP contribution in [0.5, 0.6) is 0 Å². The van der Waals surface area contributed by atoms with Crippen molar-refractivity contribution in [2.75, 3.05) is 12.3 Å². The van der Waals surface area contributed by atoms with Gasteiger partial charge in [0.1, 0.15) is 0 Å². The summed E-state index contributed by atoms with van der Waals surface area (Å²) in [6.45, 7) is 0.811. The zero-order valence-corrected chi connectivity index (χ0v) is 13.0. The summed E-state index contributed by atoms with van der Waals surface area (Å²) in [7, 11) is -0.980. The number of rotatable bonds is 7. The molecule has 116 valence electrons. The van der Waals surface area contributed by atoms with Gasteiger partial charge in [-0.3, -0.25) is 9.19 Å². The van der Waals surface area contributed by atoms with Crippen molar-refractivity contribution in [1.82, 2.24) is 15.6 Å². The van der Waals surface area contributed by atoms with E-state index < -0.39 is 10.8 Å². The van der Waals surface area contributed by atoms with Crippen LogP contribution < -0.4 is 10.6 Å². The molecule has 0 spiro atoms. The normalized spacial score (nSPS) is 11.6. The first-order valence-corrected chi connectivity index (χ1v) is 8.52. The molecule has 1 aromatic heterocycles. The quantitative estimate of drug-likeness (QED) is 0.818. The zero-order chi connectivity index (χ0) is 15.6. The first-order chi connectivity index (χ1) is 10.7. The lowest BCUT2D eigenvalue weighted by Gasteiger charge is -2.07. The first-order valence-electron chi connectivity index (χ1n) is 7.03. The molecular formula is C16H19N3O2S. The zero-order valence-electron chi connectivity index (χ0n) is 12.2. The molecule has 1 aromatic carbocycles. The Balaban J connectivity index is 1.61. The van der Waals surface area contributed by atoms with Crippen LogP contribution in [0, 0.1) is 0 Å². The summed E-state index contributed by atoms with van der Waals surface area (Å²) in [4.78, 5) is 15.6. The molecule has 0 saturated carbocycles. The molecule has 0 radical (unpaired) electrons. The lowest BCUT2D eigenvalue weighted by Crippen LogP contribution is -2.37. The van der Waals surface area contributed by atoms with E-state index in [1.54, 1.807) is 12.4 Å². The minimum Gasteiger partial charge on any atom is -0.337 e. The summed E-state index contributed by atoms with van der Waals surface area (Å²) < 4.78 is 11.9. The van der Waals surface area contributed by atoms with E-state index in [4.69, 9.17) is 0 Å². The van der Waals surface area contributed by atoms with E-state index >= 15 is 0 Å². The number of nitrogens with zero attached hydrogens (tertiary/aromatic N) is 1. The first kappa shape index (κ1) is 16.2. The molecular weight excluding hydrogens is 298 g/mol. The highest BCUT2D eigenvalue weighted by Crippen LogP contribution is 2.02. The van der Waals surface area contributed by atoms with Gasteiger partial charge in [-0.2, -0.15) is 0 Å². The average molecular weight is 317 g/mol. The third-order valence-corrected chi connectivity index (χ3v) is 4.28. The predicted molar refractivity (Wildman–Crippen MR) is 87.6 cm³/mol. The Bertz CT molecular complexity index is 605. The van der Waals surface area contributed by atoms with Crippen LogP contribution in [0.3, 0.4) is 0 Å². The lowest BCUT2D eigenvalue weighted by atomic mass is 10.2. The molecule has 22 heavy (non-hydrogen) atoms. The Morgan fingerprint density at radius 3 is 2.55 bits per heavy atom. The molecule has 2 N–H and O–H groups in total. The summed E-state index contributed by atoms with van der Waals surface area (Å²) in [6, 6.07) is 13.1. The third kappa shape index (κ3) is 6.05. The SMILES string of the molecule is O=C(NCCS(=O)Cc1ccccc1)NCc1cccnc1. The van der Waals surface area contributed by atoms with Gasteiger partial charge in [-0.15, -0.1) is 0 Å². The molecule has 2 aromatic rings. The molecule has 0 fully saturated rings. The van der Waals surface area contributed by atoms with Crippen LogP contribution in [0.25, 0.3) is 0 Å². The third-order valence-electron chi connectivity index (χ3n) is 2.96. The molecule has 0 bridgehead atoms. The van der Waals surface area contributed by atoms with Crippen LogP contribution in [0.15, 0.2) is 54.9 Å². The number of hydrogen-bond donors (Lipinski definition) is 2. The highest BCUT2D eigenvalue weighted by Gasteiger charge is 2.04. The van der Waals surface area contributed by atoms with Crippen molar-refractivity contribution in [3.63, 3.8) is 0 Å². The molecule has 5 nitrogen and oxygen atoms in total. The van der Waals surface area contributed by atoms with Crippen molar-refractivity contribution < 1.29 is 9.00 Å². The number of aromatic nitrogens is 1. The van der Waals surface area contributed by atoms with E-state index in [1.807, 2.05) is 42.5 Å². The van der Waals surface area contributed by atoms with Gasteiger partial charge < -0.3 is 10.6 Å². The fourth-order valence-electron chi connectivity index (χ4n) is 1.86. The maximum atomic E-state index is 11.9. The molecule has 1 atom stereocenters. The number of carbonyl (C=O) groups excluding carboxylic acids is 1. The Hall–Kier alpha value is -2.21. The second-order valence-electron chi connectivity index (χ2n) is 4.74. The van der Waals surface area contributed by atoms with Crippen LogP contribution in [-0.2, 0) is 23.1 Å². The molecule has 1 heterocycles. The number of hydrogen-bond acceptors (Lipinski definition) is 3. The molecule has 2 rings (SSSR count). The Morgan fingerprint density at radius 2 is 1.82 bits per heavy atom. The summed E-state index contributed by atoms with van der Waals surface area (Å²) in [6.07, 6.45) is 3.39. The van der Waals surface area contributed by atoms with E-state index in [0.29, 0.717) is 24.6 Å². The van der Waals surface area contributed by atoms with Crippen LogP contribution >= 0.6 is 0 Å². The largest absolute Gasteiger partial charge is 0.337 e. The highest BCUT2D eigenvalue weighted by atomic mass is 32.2. The van der Waals surface area contributed by atoms with Gasteiger partial charge in [-0.1, -0.05) is 36.4 Å². The van der Waals surface area contributed by atoms with Crippen molar-refractivity contribution in [3.8, 4) is 0 Å². The standard InChI is InChI=1S/C16H19N3O2S/c20-16(19-12-15-7-4-8-17-11-15)18-9-10-22(21)13-14-5-2-1-3-6-14/h1-8,11H,9-10,12-13H2,(H2,18,19,20). The number of nitrogens with one attached hydrogen (secondary N) is 2. The van der Waals surface area contributed by atoms with Crippen LogP contribution in [0.2, 0.25) is 0 Å². The van der Waals surface area contributed by atoms with Crippen LogP contribution in [0.4, 0.5) is 4.79 Å². The number of carbonyl (C=O) groups is 1. The molecule has 1 unspecified atom stereocenters. The summed E-state index contributed by atoms with van der Waals surface area (Å²) in [5.74, 6) is 0.953. The van der Waals surface area contributed by atoms with Gasteiger partial charge in [-0.05, 0) is 17.2 Å². The molecule has 0 saturated heterocycles. The average Bonchev–Trinajstić information content (AvgIpc) is 2.55. The predicted octanol–water partition coefficient (Wildman–Crippen LogP) is 1.83. The van der Waals surface area contributed by atoms with Crippen molar-refractivity contribution in [2.24, 2.45) is 0 Å². The number of amides is 2. The van der Waals surface area contributed by atoms with Crippen LogP contribution in [-0.4, -0.2) is 27.5 Å². The minimum atomic E-state index is -0.980. The summed E-state index contributed by atoms with van der Waals surface area (Å²) in [5.41, 5.74) is 1.98. The fourth-order valence-corrected chi connectivity index (χ4v) is 2.90. The van der Waals surface area contributed by atoms with E-state index in [2.05, 4.69) is 15.6 Å². The molecule has 0 aliphatic rings. The Morgan fingerprint density at radius 1 is 1.05 bits per heavy atom. The Labute approximate surface area is 132 Å². The van der Waals surface area contributed by atoms with Crippen molar-refractivity contribution in [3.05, 3.63) is 66.0 Å². The van der Waals surface area contributed by atoms with Gasteiger partial charge in [-0.25, -0.2) is 4.79 Å². The van der Waals surface area contributed by atoms with Crippen molar-refractivity contribution in [1.29, 1.82) is 0 Å². The van der Waals surface area contributed by atoms with Gasteiger partial charge in [0.25, 0.3) is 0 Å². The van der Waals surface area contributed by atoms with Gasteiger partial charge in [0.2, 0.25) is 0 Å². The van der Waals surface area contributed by atoms with E-state index in [1.165, 1.54) is 0 Å². The second kappa shape index (κ2) is 8.94. The summed E-state index contributed by atoms with van der Waals surface area (Å²) >= 11 is 0. The van der Waals surface area contributed by atoms with Crippen LogP contribution in [0.1, 0.15) is 11.1 Å². The van der Waals surface area contributed by atoms with E-state index in [0.717, 1.165) is 11.1 Å². The maximum absolute atomic E-state index is 11.9. The monoisotopic (exact) mass is 317 g/mol. The molecule has 0 aliphatic carbocycles. The highest BCUT2D eigenvalue weighted by molar-refractivity contribution is 7.84. The van der Waals surface area contributed by atoms with Gasteiger partial charge >= 0.3 is 6.03 Å². The second-order valence-corrected chi connectivity index (χ2v) is 6.32. The van der Waals surface area contributed by atoms with Crippen molar-refractivity contribution in [2.45, 2.75) is 12.3 Å². The number of urea groups is 1. The Kier molecular flexibility index (Phi) is 6.57. The topological polar surface area (TPSA) is 71.1 Å². The maximum Gasteiger partial charge on any atom is 0.315 e. The number of pyridine rings is 1. The molecule has 6 heteroatoms. The van der Waals surface area contributed by atoms with Crippen molar-refractivity contribution >= 4 is 16.8 Å². The van der Waals surface area contributed by atoms with Gasteiger partial charge in [0.15, 0.2) is 0 Å². The lowest BCUT2D eigenvalue weighted by molar-refractivity contribution is 0.241. The smallest absolute Gasteiger partial charge is 0.315 e. The van der Waals surface area contributed by atoms with E-state index in [-0.39, 0.29) is 6.03 Å². The van der Waals surface area contributed by atoms with Gasteiger partial charge in [0, 0.05) is 47.8 Å². The van der Waals surface area contributed by atoms with E-state index in [9.17, 15) is 9.00 Å². The number of benzene rings is 1. The summed E-state index contributed by atoms with van der Waals surface area (Å²) in [5, 5.41) is 5.44. The minimum absolute atomic E-state index is 0.263.